The average molecular weight is 264 g/mol. The topological polar surface area (TPSA) is 41.9 Å². The van der Waals surface area contributed by atoms with Crippen LogP contribution in [0.1, 0.15) is 29.7 Å². The molecule has 2 aliphatic rings. The largest absolute Gasteiger partial charge is 0.416 e. The molecule has 0 spiro atoms. The summed E-state index contributed by atoms with van der Waals surface area (Å²) >= 11 is 1.57. The van der Waals surface area contributed by atoms with Crippen LogP contribution in [0.2, 0.25) is 0 Å². The number of aliphatic imine (C=N–C) groups is 1. The lowest BCUT2D eigenvalue weighted by Gasteiger charge is -2.25. The Labute approximate surface area is 110 Å². The van der Waals surface area contributed by atoms with Gasteiger partial charge in [-0.05, 0) is 19.3 Å². The number of carbonyl (C=O) groups is 1. The van der Waals surface area contributed by atoms with Gasteiger partial charge in [-0.25, -0.2) is 4.79 Å². The van der Waals surface area contributed by atoms with Crippen molar-refractivity contribution in [2.24, 2.45) is 4.99 Å². The third kappa shape index (κ3) is 2.41. The van der Waals surface area contributed by atoms with Crippen molar-refractivity contribution in [1.29, 1.82) is 0 Å². The number of fused-ring (bicyclic) bond motifs is 1. The van der Waals surface area contributed by atoms with Crippen molar-refractivity contribution in [3.63, 3.8) is 0 Å². The first-order valence-electron chi connectivity index (χ1n) is 6.42. The second kappa shape index (κ2) is 5.10. The van der Waals surface area contributed by atoms with Gasteiger partial charge in [0.2, 0.25) is 0 Å². The average Bonchev–Trinajstić information content (AvgIpc) is 2.82. The minimum atomic E-state index is -0.203. The maximum absolute atomic E-state index is 12.0. The zero-order valence-corrected chi connectivity index (χ0v) is 11.0. The van der Waals surface area contributed by atoms with E-state index in [1.54, 1.807) is 16.2 Å². The predicted molar refractivity (Wildman–Crippen MR) is 71.9 cm³/mol. The molecular weight excluding hydrogens is 248 g/mol. The molecule has 1 fully saturated rings. The first-order chi connectivity index (χ1) is 8.83. The van der Waals surface area contributed by atoms with Crippen LogP contribution in [0.3, 0.4) is 0 Å². The molecule has 0 N–H and O–H groups in total. The van der Waals surface area contributed by atoms with Crippen molar-refractivity contribution in [2.75, 3.05) is 19.6 Å². The summed E-state index contributed by atoms with van der Waals surface area (Å²) in [5.74, 6) is 0. The van der Waals surface area contributed by atoms with E-state index in [2.05, 4.69) is 4.99 Å². The van der Waals surface area contributed by atoms with Crippen LogP contribution in [0, 0.1) is 0 Å². The molecule has 96 valence electrons. The Morgan fingerprint density at radius 3 is 2.94 bits per heavy atom. The highest BCUT2D eigenvalue weighted by molar-refractivity contribution is 7.14. The van der Waals surface area contributed by atoms with Gasteiger partial charge in [0, 0.05) is 48.8 Å². The van der Waals surface area contributed by atoms with Gasteiger partial charge in [0.15, 0.2) is 5.06 Å². The zero-order valence-electron chi connectivity index (χ0n) is 10.2. The van der Waals surface area contributed by atoms with Crippen molar-refractivity contribution in [1.82, 2.24) is 4.90 Å². The molecular formula is C13H16N2O2S. The van der Waals surface area contributed by atoms with Crippen LogP contribution in [-0.4, -0.2) is 36.8 Å². The van der Waals surface area contributed by atoms with Crippen molar-refractivity contribution in [3.8, 4) is 5.06 Å². The number of thiophene rings is 1. The van der Waals surface area contributed by atoms with Crippen molar-refractivity contribution < 1.29 is 9.53 Å². The smallest absolute Gasteiger partial charge is 0.399 e. The molecule has 18 heavy (non-hydrogen) atoms. The number of nitrogens with zero attached hydrogens (tertiary/aromatic N) is 2. The molecule has 4 nitrogen and oxygen atoms in total. The third-order valence-corrected chi connectivity index (χ3v) is 4.41. The molecule has 0 saturated carbocycles. The van der Waals surface area contributed by atoms with Crippen molar-refractivity contribution in [3.05, 3.63) is 16.5 Å². The lowest BCUT2D eigenvalue weighted by atomic mass is 10.1. The Bertz CT molecular complexity index is 475. The third-order valence-electron chi connectivity index (χ3n) is 3.32. The molecule has 0 unspecified atom stereocenters. The lowest BCUT2D eigenvalue weighted by Crippen LogP contribution is -2.37. The number of hydrogen-bond acceptors (Lipinski definition) is 4. The highest BCUT2D eigenvalue weighted by Gasteiger charge is 2.20. The van der Waals surface area contributed by atoms with E-state index < -0.39 is 0 Å². The molecule has 1 saturated heterocycles. The summed E-state index contributed by atoms with van der Waals surface area (Å²) in [7, 11) is 0. The maximum Gasteiger partial charge on any atom is 0.416 e. The molecule has 0 aliphatic carbocycles. The molecule has 1 aromatic heterocycles. The van der Waals surface area contributed by atoms with Gasteiger partial charge >= 0.3 is 6.09 Å². The number of hydrogen-bond donors (Lipinski definition) is 0. The Hall–Kier alpha value is -1.36. The molecule has 3 rings (SSSR count). The summed E-state index contributed by atoms with van der Waals surface area (Å²) < 4.78 is 5.45. The van der Waals surface area contributed by atoms with E-state index in [4.69, 9.17) is 4.74 Å². The molecule has 0 atom stereocenters. The molecule has 0 radical (unpaired) electrons. The van der Waals surface area contributed by atoms with E-state index in [-0.39, 0.29) is 6.09 Å². The fraction of sp³-hybridized carbons (Fsp3) is 0.538. The van der Waals surface area contributed by atoms with E-state index in [0.29, 0.717) is 5.06 Å². The predicted octanol–water partition coefficient (Wildman–Crippen LogP) is 2.71. The second-order valence-electron chi connectivity index (χ2n) is 4.64. The van der Waals surface area contributed by atoms with Crippen LogP contribution in [0.4, 0.5) is 4.79 Å². The van der Waals surface area contributed by atoms with Gasteiger partial charge in [0.25, 0.3) is 0 Å². The Balaban J connectivity index is 1.66. The van der Waals surface area contributed by atoms with Gasteiger partial charge in [-0.1, -0.05) is 0 Å². The zero-order chi connectivity index (χ0) is 12.4. The standard InChI is InChI=1S/C13H16N2O2S/c16-13(15-6-2-1-3-7-15)17-12-8-10-9-14-5-4-11(10)18-12/h8-9H,1-7H2. The van der Waals surface area contributed by atoms with E-state index in [1.807, 2.05) is 12.3 Å². The summed E-state index contributed by atoms with van der Waals surface area (Å²) in [5.41, 5.74) is 1.10. The van der Waals surface area contributed by atoms with Crippen LogP contribution in [0.25, 0.3) is 0 Å². The quantitative estimate of drug-likeness (QED) is 0.782. The van der Waals surface area contributed by atoms with Crippen molar-refractivity contribution >= 4 is 23.6 Å². The van der Waals surface area contributed by atoms with E-state index in [1.165, 1.54) is 11.3 Å². The molecule has 5 heteroatoms. The number of likely N-dealkylation sites (tertiary alicyclic amines) is 1. The van der Waals surface area contributed by atoms with Gasteiger partial charge in [-0.15, -0.1) is 11.3 Å². The molecule has 3 heterocycles. The molecule has 1 aromatic rings. The lowest BCUT2D eigenvalue weighted by molar-refractivity contribution is 0.144. The second-order valence-corrected chi connectivity index (χ2v) is 5.74. The highest BCUT2D eigenvalue weighted by Crippen LogP contribution is 2.30. The normalized spacial score (nSPS) is 18.6. The van der Waals surface area contributed by atoms with Gasteiger partial charge in [0.1, 0.15) is 0 Å². The molecule has 0 bridgehead atoms. The minimum absolute atomic E-state index is 0.203. The number of amides is 1. The maximum atomic E-state index is 12.0. The number of piperidine rings is 1. The Morgan fingerprint density at radius 2 is 2.17 bits per heavy atom. The monoisotopic (exact) mass is 264 g/mol. The molecule has 1 amide bonds. The Kier molecular flexibility index (Phi) is 3.32. The number of carbonyl (C=O) groups excluding carboxylic acids is 1. The summed E-state index contributed by atoms with van der Waals surface area (Å²) in [5, 5.41) is 0.698. The van der Waals surface area contributed by atoms with E-state index in [0.717, 1.165) is 44.5 Å². The van der Waals surface area contributed by atoms with E-state index in [9.17, 15) is 4.79 Å². The molecule has 2 aliphatic heterocycles. The fourth-order valence-corrected chi connectivity index (χ4v) is 3.29. The van der Waals surface area contributed by atoms with Gasteiger partial charge in [0.05, 0.1) is 0 Å². The number of rotatable bonds is 1. The van der Waals surface area contributed by atoms with Gasteiger partial charge < -0.3 is 9.64 Å². The minimum Gasteiger partial charge on any atom is -0.399 e. The van der Waals surface area contributed by atoms with Crippen LogP contribution < -0.4 is 4.74 Å². The van der Waals surface area contributed by atoms with Crippen LogP contribution in [0.5, 0.6) is 5.06 Å². The van der Waals surface area contributed by atoms with Crippen LogP contribution in [-0.2, 0) is 6.42 Å². The van der Waals surface area contributed by atoms with Crippen LogP contribution >= 0.6 is 11.3 Å². The first kappa shape index (κ1) is 11.7. The highest BCUT2D eigenvalue weighted by atomic mass is 32.1. The van der Waals surface area contributed by atoms with Gasteiger partial charge in [-0.2, -0.15) is 0 Å². The summed E-state index contributed by atoms with van der Waals surface area (Å²) in [4.78, 5) is 19.3. The van der Waals surface area contributed by atoms with E-state index >= 15 is 0 Å². The molecule has 0 aromatic carbocycles. The fourth-order valence-electron chi connectivity index (χ4n) is 2.33. The van der Waals surface area contributed by atoms with Crippen molar-refractivity contribution in [2.45, 2.75) is 25.7 Å². The number of ether oxygens (including phenoxy) is 1. The summed E-state index contributed by atoms with van der Waals surface area (Å²) in [6.45, 7) is 2.49. The Morgan fingerprint density at radius 1 is 1.33 bits per heavy atom. The first-order valence-corrected chi connectivity index (χ1v) is 7.24. The van der Waals surface area contributed by atoms with Gasteiger partial charge in [-0.3, -0.25) is 4.99 Å². The summed E-state index contributed by atoms with van der Waals surface area (Å²) in [6, 6.07) is 1.92. The SMILES string of the molecule is O=C(Oc1cc2c(s1)CCN=C2)N1CCCCC1. The van der Waals surface area contributed by atoms with Crippen LogP contribution in [0.15, 0.2) is 11.1 Å². The summed E-state index contributed by atoms with van der Waals surface area (Å²) in [6.07, 6.45) is 6.01.